The first-order valence-corrected chi connectivity index (χ1v) is 13.2. The second-order valence-corrected chi connectivity index (χ2v) is 10.6. The molecule has 33 heavy (non-hydrogen) atoms. The summed E-state index contributed by atoms with van der Waals surface area (Å²) in [5.41, 5.74) is 2.05. The molecule has 0 radical (unpaired) electrons. The fraction of sp³-hybridized carbons (Fsp3) is 0.480. The molecule has 2 aliphatic rings. The summed E-state index contributed by atoms with van der Waals surface area (Å²) in [5, 5.41) is 3.09. The molecule has 8 heteroatoms. The summed E-state index contributed by atoms with van der Waals surface area (Å²) >= 11 is 0. The molecule has 1 saturated heterocycles. The minimum atomic E-state index is -3.66. The zero-order chi connectivity index (χ0) is 23.3. The van der Waals surface area contributed by atoms with E-state index in [0.717, 1.165) is 69.7 Å². The largest absolute Gasteiger partial charge is 0.379 e. The van der Waals surface area contributed by atoms with Gasteiger partial charge in [0.15, 0.2) is 0 Å². The van der Waals surface area contributed by atoms with Crippen molar-refractivity contribution in [1.29, 1.82) is 0 Å². The zero-order valence-electron chi connectivity index (χ0n) is 19.2. The van der Waals surface area contributed by atoms with Gasteiger partial charge in [-0.2, -0.15) is 0 Å². The fourth-order valence-corrected chi connectivity index (χ4v) is 5.35. The Morgan fingerprint density at radius 1 is 1.03 bits per heavy atom. The van der Waals surface area contributed by atoms with Gasteiger partial charge in [-0.15, -0.1) is 0 Å². The molecule has 1 amide bonds. The normalized spacial score (nSPS) is 18.0. The van der Waals surface area contributed by atoms with Crippen molar-refractivity contribution >= 4 is 21.6 Å². The second kappa shape index (κ2) is 10.2. The number of anilines is 1. The summed E-state index contributed by atoms with van der Waals surface area (Å²) in [6.07, 6.45) is 3.57. The van der Waals surface area contributed by atoms with E-state index in [1.165, 1.54) is 0 Å². The maximum Gasteiger partial charge on any atom is 0.261 e. The Hall–Kier alpha value is -2.42. The predicted molar refractivity (Wildman–Crippen MR) is 129 cm³/mol. The number of hydrogen-bond acceptors (Lipinski definition) is 5. The van der Waals surface area contributed by atoms with Gasteiger partial charge in [0.05, 0.1) is 23.5 Å². The van der Waals surface area contributed by atoms with Crippen LogP contribution in [0, 0.1) is 0 Å². The lowest BCUT2D eigenvalue weighted by molar-refractivity contribution is -0.123. The maximum absolute atomic E-state index is 12.9. The SMILES string of the molecule is CCCc1ccc(S(=O)(=O)Nc2ccc(C3(C(=O)NCCN4CCOCC4)CC3)cc2)cc1. The van der Waals surface area contributed by atoms with Crippen LogP contribution in [-0.2, 0) is 31.4 Å². The standard InChI is InChI=1S/C25H33N3O4S/c1-2-3-20-4-10-23(11-5-20)33(30,31)27-22-8-6-21(7-9-22)25(12-13-25)24(29)26-14-15-28-16-18-32-19-17-28/h4-11,27H,2-3,12-19H2,1H3,(H,26,29). The Morgan fingerprint density at radius 2 is 1.70 bits per heavy atom. The topological polar surface area (TPSA) is 87.7 Å². The van der Waals surface area contributed by atoms with E-state index in [4.69, 9.17) is 4.74 Å². The number of carbonyl (C=O) groups excluding carboxylic acids is 1. The van der Waals surface area contributed by atoms with Crippen LogP contribution in [0.15, 0.2) is 53.4 Å². The third-order valence-corrected chi connectivity index (χ3v) is 7.86. The first-order chi connectivity index (χ1) is 15.9. The van der Waals surface area contributed by atoms with E-state index in [-0.39, 0.29) is 10.8 Å². The first-order valence-electron chi connectivity index (χ1n) is 11.7. The van der Waals surface area contributed by atoms with E-state index in [1.54, 1.807) is 24.3 Å². The van der Waals surface area contributed by atoms with Crippen LogP contribution in [0.2, 0.25) is 0 Å². The van der Waals surface area contributed by atoms with Crippen molar-refractivity contribution in [3.8, 4) is 0 Å². The molecule has 178 valence electrons. The number of carbonyl (C=O) groups is 1. The van der Waals surface area contributed by atoms with E-state index >= 15 is 0 Å². The lowest BCUT2D eigenvalue weighted by Gasteiger charge is -2.27. The first kappa shape index (κ1) is 23.7. The Labute approximate surface area is 196 Å². The molecular weight excluding hydrogens is 438 g/mol. The average Bonchev–Trinajstić information content (AvgIpc) is 3.63. The van der Waals surface area contributed by atoms with Crippen molar-refractivity contribution in [1.82, 2.24) is 10.2 Å². The quantitative estimate of drug-likeness (QED) is 0.556. The lowest BCUT2D eigenvalue weighted by Crippen LogP contribution is -2.43. The van der Waals surface area contributed by atoms with Gasteiger partial charge in [-0.1, -0.05) is 37.6 Å². The lowest BCUT2D eigenvalue weighted by atomic mass is 9.95. The molecule has 1 aliphatic carbocycles. The molecule has 7 nitrogen and oxygen atoms in total. The Balaban J connectivity index is 1.34. The average molecular weight is 472 g/mol. The smallest absolute Gasteiger partial charge is 0.261 e. The second-order valence-electron chi connectivity index (χ2n) is 8.87. The van der Waals surface area contributed by atoms with Gasteiger partial charge in [0.2, 0.25) is 5.91 Å². The Morgan fingerprint density at radius 3 is 2.30 bits per heavy atom. The van der Waals surface area contributed by atoms with E-state index in [1.807, 2.05) is 24.3 Å². The molecule has 1 saturated carbocycles. The van der Waals surface area contributed by atoms with Crippen molar-refractivity contribution in [2.45, 2.75) is 42.9 Å². The van der Waals surface area contributed by atoms with Crippen LogP contribution in [0.3, 0.4) is 0 Å². The zero-order valence-corrected chi connectivity index (χ0v) is 20.0. The third kappa shape index (κ3) is 5.75. The molecule has 0 atom stereocenters. The van der Waals surface area contributed by atoms with Crippen LogP contribution in [0.25, 0.3) is 0 Å². The molecule has 1 heterocycles. The van der Waals surface area contributed by atoms with E-state index < -0.39 is 15.4 Å². The predicted octanol–water partition coefficient (Wildman–Crippen LogP) is 2.92. The summed E-state index contributed by atoms with van der Waals surface area (Å²) in [6, 6.07) is 14.2. The van der Waals surface area contributed by atoms with E-state index in [9.17, 15) is 13.2 Å². The molecule has 0 bridgehead atoms. The van der Waals surface area contributed by atoms with Crippen LogP contribution in [0.5, 0.6) is 0 Å². The van der Waals surface area contributed by atoms with E-state index in [0.29, 0.717) is 12.2 Å². The molecule has 1 aliphatic heterocycles. The van der Waals surface area contributed by atoms with Crippen LogP contribution in [-0.4, -0.2) is 58.6 Å². The number of nitrogens with one attached hydrogen (secondary N) is 2. The van der Waals surface area contributed by atoms with Gasteiger partial charge in [0.1, 0.15) is 0 Å². The molecule has 0 spiro atoms. The van der Waals surface area contributed by atoms with Gasteiger partial charge in [-0.3, -0.25) is 14.4 Å². The van der Waals surface area contributed by atoms with Gasteiger partial charge >= 0.3 is 0 Å². The van der Waals surface area contributed by atoms with Crippen LogP contribution >= 0.6 is 0 Å². The Bertz CT molecular complexity index is 1040. The van der Waals surface area contributed by atoms with Crippen molar-refractivity contribution in [2.75, 3.05) is 44.1 Å². The van der Waals surface area contributed by atoms with Gasteiger partial charge < -0.3 is 10.1 Å². The van der Waals surface area contributed by atoms with Gasteiger partial charge in [0, 0.05) is 31.9 Å². The molecule has 0 aromatic heterocycles. The monoisotopic (exact) mass is 471 g/mol. The van der Waals surface area contributed by atoms with E-state index in [2.05, 4.69) is 21.9 Å². The highest BCUT2D eigenvalue weighted by Gasteiger charge is 2.51. The number of rotatable bonds is 10. The van der Waals surface area contributed by atoms with Gasteiger partial charge in [0.25, 0.3) is 10.0 Å². The molecule has 2 N–H and O–H groups in total. The molecule has 2 aromatic carbocycles. The Kier molecular flexibility index (Phi) is 7.36. The molecule has 2 aromatic rings. The number of aryl methyl sites for hydroxylation is 1. The number of nitrogens with zero attached hydrogens (tertiary/aromatic N) is 1. The number of amides is 1. The molecule has 0 unspecified atom stereocenters. The minimum absolute atomic E-state index is 0.0521. The number of hydrogen-bond donors (Lipinski definition) is 2. The third-order valence-electron chi connectivity index (χ3n) is 6.46. The van der Waals surface area contributed by atoms with Crippen molar-refractivity contribution in [2.24, 2.45) is 0 Å². The van der Waals surface area contributed by atoms with Crippen molar-refractivity contribution < 1.29 is 17.9 Å². The van der Waals surface area contributed by atoms with Crippen LogP contribution < -0.4 is 10.0 Å². The number of ether oxygens (including phenoxy) is 1. The van der Waals surface area contributed by atoms with Gasteiger partial charge in [-0.05, 0) is 54.7 Å². The maximum atomic E-state index is 12.9. The summed E-state index contributed by atoms with van der Waals surface area (Å²) in [6.45, 7) is 6.84. The van der Waals surface area contributed by atoms with Crippen LogP contribution in [0.4, 0.5) is 5.69 Å². The van der Waals surface area contributed by atoms with Gasteiger partial charge in [-0.25, -0.2) is 8.42 Å². The summed E-state index contributed by atoms with van der Waals surface area (Å²) < 4.78 is 33.5. The number of sulfonamides is 1. The summed E-state index contributed by atoms with van der Waals surface area (Å²) in [5.74, 6) is 0.0521. The fourth-order valence-electron chi connectivity index (χ4n) is 4.29. The molecule has 4 rings (SSSR count). The molecular formula is C25H33N3O4S. The highest BCUT2D eigenvalue weighted by Crippen LogP contribution is 2.48. The molecule has 2 fully saturated rings. The summed E-state index contributed by atoms with van der Waals surface area (Å²) in [4.78, 5) is 15.4. The van der Waals surface area contributed by atoms with Crippen molar-refractivity contribution in [3.05, 3.63) is 59.7 Å². The highest BCUT2D eigenvalue weighted by atomic mass is 32.2. The minimum Gasteiger partial charge on any atom is -0.379 e. The number of morpholine rings is 1. The van der Waals surface area contributed by atoms with Crippen LogP contribution in [0.1, 0.15) is 37.3 Å². The number of benzene rings is 2. The highest BCUT2D eigenvalue weighted by molar-refractivity contribution is 7.92. The van der Waals surface area contributed by atoms with Crippen molar-refractivity contribution in [3.63, 3.8) is 0 Å². The summed E-state index contributed by atoms with van der Waals surface area (Å²) in [7, 11) is -3.66.